The number of rotatable bonds is 6. The van der Waals surface area contributed by atoms with E-state index in [9.17, 15) is 0 Å². The Morgan fingerprint density at radius 2 is 2.17 bits per heavy atom. The molecule has 7 nitrogen and oxygen atoms in total. The first kappa shape index (κ1) is 11.6. The quantitative estimate of drug-likeness (QED) is 0.725. The Morgan fingerprint density at radius 1 is 1.28 bits per heavy atom. The van der Waals surface area contributed by atoms with Gasteiger partial charge in [-0.1, -0.05) is 5.21 Å². The second kappa shape index (κ2) is 5.01. The number of tetrazole rings is 1. The summed E-state index contributed by atoms with van der Waals surface area (Å²) >= 11 is 5.65. The number of hydrogen-bond donors (Lipinski definition) is 0. The molecule has 8 heteroatoms. The molecule has 1 saturated carbocycles. The van der Waals surface area contributed by atoms with Crippen LogP contribution in [-0.4, -0.2) is 41.1 Å². The molecule has 0 spiro atoms. The lowest BCUT2D eigenvalue weighted by molar-refractivity contribution is 0.543. The first-order valence-corrected chi connectivity index (χ1v) is 6.62. The summed E-state index contributed by atoms with van der Waals surface area (Å²) in [7, 11) is 0. The largest absolute Gasteiger partial charge is 0.245 e. The highest BCUT2D eigenvalue weighted by Gasteiger charge is 2.27. The van der Waals surface area contributed by atoms with E-state index in [1.165, 1.54) is 0 Å². The summed E-state index contributed by atoms with van der Waals surface area (Å²) < 4.78 is 3.66. The van der Waals surface area contributed by atoms with Crippen LogP contribution in [0, 0.1) is 0 Å². The molecule has 0 aromatic carbocycles. The minimum Gasteiger partial charge on any atom is -0.245 e. The Kier molecular flexibility index (Phi) is 3.22. The van der Waals surface area contributed by atoms with Crippen LogP contribution in [0.25, 0.3) is 0 Å². The van der Waals surface area contributed by atoms with E-state index in [2.05, 4.69) is 25.8 Å². The highest BCUT2D eigenvalue weighted by atomic mass is 35.5. The molecule has 1 fully saturated rings. The fraction of sp³-hybridized carbons (Fsp3) is 0.700. The zero-order valence-corrected chi connectivity index (χ0v) is 10.7. The first-order valence-electron chi connectivity index (χ1n) is 6.08. The Balaban J connectivity index is 1.67. The van der Waals surface area contributed by atoms with Gasteiger partial charge in [0, 0.05) is 12.1 Å². The van der Waals surface area contributed by atoms with E-state index < -0.39 is 0 Å². The van der Waals surface area contributed by atoms with Gasteiger partial charge in [0.05, 0.1) is 11.7 Å². The monoisotopic (exact) mass is 267 g/mol. The van der Waals surface area contributed by atoms with Crippen molar-refractivity contribution in [1.82, 2.24) is 35.2 Å². The lowest BCUT2D eigenvalue weighted by Crippen LogP contribution is -2.09. The maximum Gasteiger partial charge on any atom is 0.173 e. The van der Waals surface area contributed by atoms with Crippen molar-refractivity contribution in [1.29, 1.82) is 0 Å². The van der Waals surface area contributed by atoms with Crippen LogP contribution in [0.3, 0.4) is 0 Å². The molecule has 0 unspecified atom stereocenters. The molecule has 2 heterocycles. The van der Waals surface area contributed by atoms with Crippen LogP contribution in [0.15, 0.2) is 6.20 Å². The standard InChI is InChI=1S/C10H14ClN7/c11-5-1-2-8-6-17(15-12-8)7-10-13-14-16-18(10)9-3-4-9/h6,9H,1-5,7H2. The summed E-state index contributed by atoms with van der Waals surface area (Å²) in [6, 6.07) is 0.481. The van der Waals surface area contributed by atoms with Crippen molar-refractivity contribution < 1.29 is 0 Å². The summed E-state index contributed by atoms with van der Waals surface area (Å²) in [5.41, 5.74) is 0.959. The second-order valence-electron chi connectivity index (χ2n) is 4.47. The zero-order chi connectivity index (χ0) is 12.4. The fourth-order valence-corrected chi connectivity index (χ4v) is 1.98. The molecule has 0 amide bonds. The van der Waals surface area contributed by atoms with Crippen molar-refractivity contribution >= 4 is 11.6 Å². The van der Waals surface area contributed by atoms with Gasteiger partial charge in [-0.3, -0.25) is 0 Å². The van der Waals surface area contributed by atoms with Crippen molar-refractivity contribution in [3.63, 3.8) is 0 Å². The van der Waals surface area contributed by atoms with Gasteiger partial charge in [0.2, 0.25) is 0 Å². The third-order valence-electron chi connectivity index (χ3n) is 2.91. The van der Waals surface area contributed by atoms with E-state index in [4.69, 9.17) is 11.6 Å². The number of alkyl halides is 1. The summed E-state index contributed by atoms with van der Waals surface area (Å²) in [6.07, 6.45) is 6.03. The summed E-state index contributed by atoms with van der Waals surface area (Å²) in [4.78, 5) is 0. The van der Waals surface area contributed by atoms with Crippen molar-refractivity contribution in [2.75, 3.05) is 5.88 Å². The maximum absolute atomic E-state index is 5.65. The van der Waals surface area contributed by atoms with Crippen LogP contribution in [-0.2, 0) is 13.0 Å². The van der Waals surface area contributed by atoms with Crippen molar-refractivity contribution in [2.24, 2.45) is 0 Å². The molecule has 0 N–H and O–H groups in total. The summed E-state index contributed by atoms with van der Waals surface area (Å²) in [5.74, 6) is 1.48. The van der Waals surface area contributed by atoms with Crippen molar-refractivity contribution in [3.05, 3.63) is 17.7 Å². The van der Waals surface area contributed by atoms with Gasteiger partial charge in [-0.2, -0.15) is 0 Å². The second-order valence-corrected chi connectivity index (χ2v) is 4.85. The predicted octanol–water partition coefficient (Wildman–Crippen LogP) is 0.819. The van der Waals surface area contributed by atoms with E-state index in [1.807, 2.05) is 10.9 Å². The van der Waals surface area contributed by atoms with E-state index >= 15 is 0 Å². The maximum atomic E-state index is 5.65. The zero-order valence-electron chi connectivity index (χ0n) is 9.91. The van der Waals surface area contributed by atoms with E-state index in [1.54, 1.807) is 4.68 Å². The molecular formula is C10H14ClN7. The number of nitrogens with zero attached hydrogens (tertiary/aromatic N) is 7. The minimum absolute atomic E-state index is 0.481. The number of hydrogen-bond acceptors (Lipinski definition) is 5. The molecule has 1 aliphatic carbocycles. The normalized spacial score (nSPS) is 15.2. The van der Waals surface area contributed by atoms with Gasteiger partial charge in [-0.15, -0.1) is 21.8 Å². The third-order valence-corrected chi connectivity index (χ3v) is 3.18. The van der Waals surface area contributed by atoms with Gasteiger partial charge < -0.3 is 0 Å². The summed E-state index contributed by atoms with van der Waals surface area (Å²) in [6.45, 7) is 0.567. The molecule has 0 aliphatic heterocycles. The average Bonchev–Trinajstić information content (AvgIpc) is 2.96. The van der Waals surface area contributed by atoms with E-state index in [-0.39, 0.29) is 0 Å². The molecule has 1 aliphatic rings. The minimum atomic E-state index is 0.481. The highest BCUT2D eigenvalue weighted by molar-refractivity contribution is 6.17. The fourth-order valence-electron chi connectivity index (χ4n) is 1.84. The third kappa shape index (κ3) is 2.50. The van der Waals surface area contributed by atoms with Gasteiger partial charge in [-0.05, 0) is 36.1 Å². The Hall–Kier alpha value is -1.50. The molecule has 96 valence electrons. The van der Waals surface area contributed by atoms with Crippen LogP contribution in [0.2, 0.25) is 0 Å². The summed E-state index contributed by atoms with van der Waals surface area (Å²) in [5, 5.41) is 19.9. The molecule has 0 atom stereocenters. The van der Waals surface area contributed by atoms with Gasteiger partial charge in [0.25, 0.3) is 0 Å². The molecule has 2 aromatic heterocycles. The molecule has 2 aromatic rings. The van der Waals surface area contributed by atoms with Gasteiger partial charge in [0.15, 0.2) is 5.82 Å². The molecule has 0 bridgehead atoms. The average molecular weight is 268 g/mol. The van der Waals surface area contributed by atoms with E-state index in [0.29, 0.717) is 18.5 Å². The van der Waals surface area contributed by atoms with Crippen molar-refractivity contribution in [2.45, 2.75) is 38.3 Å². The number of halogens is 1. The molecule has 0 saturated heterocycles. The molecule has 0 radical (unpaired) electrons. The van der Waals surface area contributed by atoms with Gasteiger partial charge in [-0.25, -0.2) is 9.36 Å². The van der Waals surface area contributed by atoms with Crippen LogP contribution >= 0.6 is 11.6 Å². The smallest absolute Gasteiger partial charge is 0.173 e. The highest BCUT2D eigenvalue weighted by Crippen LogP contribution is 2.34. The lowest BCUT2D eigenvalue weighted by atomic mass is 10.3. The Bertz CT molecular complexity index is 516. The molecule has 18 heavy (non-hydrogen) atoms. The van der Waals surface area contributed by atoms with Gasteiger partial charge >= 0.3 is 0 Å². The van der Waals surface area contributed by atoms with Crippen LogP contribution in [0.5, 0.6) is 0 Å². The van der Waals surface area contributed by atoms with Gasteiger partial charge in [0.1, 0.15) is 6.54 Å². The predicted molar refractivity (Wildman–Crippen MR) is 64.3 cm³/mol. The van der Waals surface area contributed by atoms with E-state index in [0.717, 1.165) is 37.2 Å². The molecule has 3 rings (SSSR count). The lowest BCUT2D eigenvalue weighted by Gasteiger charge is -2.01. The first-order chi connectivity index (χ1) is 8.86. The SMILES string of the molecule is ClCCCc1cn(Cc2nnnn2C2CC2)nn1. The van der Waals surface area contributed by atoms with Crippen LogP contribution in [0.4, 0.5) is 0 Å². The molecular weight excluding hydrogens is 254 g/mol. The van der Waals surface area contributed by atoms with Crippen molar-refractivity contribution in [3.8, 4) is 0 Å². The Labute approximate surface area is 109 Å². The number of aromatic nitrogens is 7. The van der Waals surface area contributed by atoms with Crippen LogP contribution in [0.1, 0.15) is 36.8 Å². The topological polar surface area (TPSA) is 74.3 Å². The Morgan fingerprint density at radius 3 is 2.94 bits per heavy atom. The van der Waals surface area contributed by atoms with Crippen LogP contribution < -0.4 is 0 Å². The number of aryl methyl sites for hydroxylation is 1.